The molecule has 0 unspecified atom stereocenters. The van der Waals surface area contributed by atoms with Crippen LogP contribution in [0.1, 0.15) is 5.56 Å². The fourth-order valence-electron chi connectivity index (χ4n) is 3.29. The van der Waals surface area contributed by atoms with Crippen LogP contribution in [-0.2, 0) is 11.4 Å². The van der Waals surface area contributed by atoms with E-state index in [1.807, 2.05) is 60.0 Å². The summed E-state index contributed by atoms with van der Waals surface area (Å²) in [5, 5.41) is 20.4. The van der Waals surface area contributed by atoms with Crippen molar-refractivity contribution in [1.82, 2.24) is 4.57 Å². The summed E-state index contributed by atoms with van der Waals surface area (Å²) in [5.41, 5.74) is 3.44. The lowest BCUT2D eigenvalue weighted by atomic mass is 10.2. The third-order valence-corrected chi connectivity index (χ3v) is 4.80. The van der Waals surface area contributed by atoms with Gasteiger partial charge >= 0.3 is 0 Å². The van der Waals surface area contributed by atoms with Gasteiger partial charge in [-0.15, -0.1) is 5.11 Å². The molecule has 2 heterocycles. The normalized spacial score (nSPS) is 15.9. The lowest BCUT2D eigenvalue weighted by Crippen LogP contribution is -3.13. The summed E-state index contributed by atoms with van der Waals surface area (Å²) in [7, 11) is 0. The number of hydrogen-bond acceptors (Lipinski definition) is 4. The second-order valence-electron chi connectivity index (χ2n) is 6.67. The van der Waals surface area contributed by atoms with E-state index < -0.39 is 0 Å². The van der Waals surface area contributed by atoms with E-state index in [0.717, 1.165) is 42.9 Å². The van der Waals surface area contributed by atoms with E-state index in [4.69, 9.17) is 4.74 Å². The summed E-state index contributed by atoms with van der Waals surface area (Å²) in [6.07, 6.45) is 0. The second-order valence-corrected chi connectivity index (χ2v) is 6.67. The van der Waals surface area contributed by atoms with Gasteiger partial charge in [0.1, 0.15) is 13.1 Å². The van der Waals surface area contributed by atoms with Gasteiger partial charge in [0, 0.05) is 5.39 Å². The number of aromatic nitrogens is 1. The molecule has 3 aromatic rings. The number of azo groups is 1. The van der Waals surface area contributed by atoms with Crippen molar-refractivity contribution in [1.29, 1.82) is 0 Å². The fourth-order valence-corrected chi connectivity index (χ4v) is 3.29. The van der Waals surface area contributed by atoms with E-state index in [1.165, 1.54) is 10.5 Å². The predicted octanol–water partition coefficient (Wildman–Crippen LogP) is 2.94. The first-order valence-electron chi connectivity index (χ1n) is 8.92. The Hall–Kier alpha value is -2.70. The van der Waals surface area contributed by atoms with Crippen molar-refractivity contribution >= 4 is 22.3 Å². The molecule has 6 nitrogen and oxygen atoms in total. The second kappa shape index (κ2) is 7.27. The Balaban J connectivity index is 1.70. The number of nitrogens with zero attached hydrogens (tertiary/aromatic N) is 3. The smallest absolute Gasteiger partial charge is 0.225 e. The zero-order valence-corrected chi connectivity index (χ0v) is 14.9. The Kier molecular flexibility index (Phi) is 4.69. The van der Waals surface area contributed by atoms with Gasteiger partial charge in [0.25, 0.3) is 0 Å². The Labute approximate surface area is 152 Å². The molecule has 0 aliphatic carbocycles. The summed E-state index contributed by atoms with van der Waals surface area (Å²) < 4.78 is 7.36. The molecule has 6 heteroatoms. The number of aryl methyl sites for hydroxylation is 1. The SMILES string of the molecule is Cc1ccc(N=Nc2c(O)n(C[NH+]3CCOCC3)c3ccccc23)cc1. The minimum Gasteiger partial charge on any atom is -0.493 e. The fraction of sp³-hybridized carbons (Fsp3) is 0.300. The van der Waals surface area contributed by atoms with Gasteiger partial charge in [-0.2, -0.15) is 5.11 Å². The molecule has 0 saturated carbocycles. The van der Waals surface area contributed by atoms with Gasteiger partial charge in [0.2, 0.25) is 5.88 Å². The molecule has 26 heavy (non-hydrogen) atoms. The average molecular weight is 351 g/mol. The number of morpholine rings is 1. The largest absolute Gasteiger partial charge is 0.493 e. The topological polar surface area (TPSA) is 63.5 Å². The third kappa shape index (κ3) is 3.34. The summed E-state index contributed by atoms with van der Waals surface area (Å²) in [5.74, 6) is 0.168. The Bertz CT molecular complexity index is 925. The Morgan fingerprint density at radius 2 is 1.77 bits per heavy atom. The lowest BCUT2D eigenvalue weighted by molar-refractivity contribution is -0.930. The highest BCUT2D eigenvalue weighted by molar-refractivity contribution is 5.94. The number of para-hydroxylation sites is 1. The van der Waals surface area contributed by atoms with Crippen LogP contribution in [0.3, 0.4) is 0 Å². The van der Waals surface area contributed by atoms with Crippen molar-refractivity contribution < 1.29 is 14.7 Å². The quantitative estimate of drug-likeness (QED) is 0.710. The van der Waals surface area contributed by atoms with Crippen LogP contribution in [0.2, 0.25) is 0 Å². The molecule has 0 spiro atoms. The van der Waals surface area contributed by atoms with Crippen molar-refractivity contribution in [3.8, 4) is 5.88 Å². The van der Waals surface area contributed by atoms with Crippen LogP contribution in [0.5, 0.6) is 5.88 Å². The predicted molar refractivity (Wildman–Crippen MR) is 100 cm³/mol. The molecule has 134 valence electrons. The Morgan fingerprint density at radius 3 is 2.54 bits per heavy atom. The molecule has 1 saturated heterocycles. The van der Waals surface area contributed by atoms with Crippen molar-refractivity contribution in [2.75, 3.05) is 26.3 Å². The molecule has 1 aliphatic heterocycles. The maximum atomic E-state index is 10.8. The molecule has 0 bridgehead atoms. The molecule has 4 rings (SSSR count). The molecule has 2 N–H and O–H groups in total. The van der Waals surface area contributed by atoms with Crippen LogP contribution in [-0.4, -0.2) is 36.0 Å². The van der Waals surface area contributed by atoms with Gasteiger partial charge in [-0.25, -0.2) is 0 Å². The summed E-state index contributed by atoms with van der Waals surface area (Å²) >= 11 is 0. The average Bonchev–Trinajstić information content (AvgIpc) is 2.94. The zero-order chi connectivity index (χ0) is 17.9. The highest BCUT2D eigenvalue weighted by atomic mass is 16.5. The van der Waals surface area contributed by atoms with E-state index in [0.29, 0.717) is 12.4 Å². The monoisotopic (exact) mass is 351 g/mol. The molecule has 1 aromatic heterocycles. The van der Waals surface area contributed by atoms with E-state index in [2.05, 4.69) is 10.2 Å². The first-order valence-corrected chi connectivity index (χ1v) is 8.92. The molecule has 2 aromatic carbocycles. The van der Waals surface area contributed by atoms with E-state index >= 15 is 0 Å². The lowest BCUT2D eigenvalue weighted by Gasteiger charge is -2.24. The van der Waals surface area contributed by atoms with Crippen LogP contribution in [0.15, 0.2) is 58.8 Å². The van der Waals surface area contributed by atoms with Gasteiger partial charge in [-0.05, 0) is 25.1 Å². The Morgan fingerprint density at radius 1 is 1.04 bits per heavy atom. The molecule has 0 radical (unpaired) electrons. The summed E-state index contributed by atoms with van der Waals surface area (Å²) in [6, 6.07) is 15.8. The van der Waals surface area contributed by atoms with Gasteiger partial charge in [-0.1, -0.05) is 35.9 Å². The maximum absolute atomic E-state index is 10.8. The molecule has 0 atom stereocenters. The van der Waals surface area contributed by atoms with Crippen LogP contribution < -0.4 is 4.90 Å². The van der Waals surface area contributed by atoms with Crippen LogP contribution in [0.4, 0.5) is 11.4 Å². The van der Waals surface area contributed by atoms with Gasteiger partial charge in [-0.3, -0.25) is 4.57 Å². The van der Waals surface area contributed by atoms with E-state index in [9.17, 15) is 5.11 Å². The van der Waals surface area contributed by atoms with Crippen molar-refractivity contribution in [3.63, 3.8) is 0 Å². The van der Waals surface area contributed by atoms with E-state index in [-0.39, 0.29) is 5.88 Å². The number of quaternary nitrogens is 1. The minimum absolute atomic E-state index is 0.168. The van der Waals surface area contributed by atoms with Crippen molar-refractivity contribution in [3.05, 3.63) is 54.1 Å². The van der Waals surface area contributed by atoms with E-state index in [1.54, 1.807) is 0 Å². The van der Waals surface area contributed by atoms with Crippen LogP contribution in [0, 0.1) is 6.92 Å². The maximum Gasteiger partial charge on any atom is 0.225 e. The van der Waals surface area contributed by atoms with Crippen LogP contribution >= 0.6 is 0 Å². The molecule has 0 amide bonds. The van der Waals surface area contributed by atoms with Gasteiger partial charge in [0.05, 0.1) is 24.4 Å². The van der Waals surface area contributed by atoms with Gasteiger partial charge in [0.15, 0.2) is 12.4 Å². The molecule has 1 fully saturated rings. The minimum atomic E-state index is 0.168. The molecular weight excluding hydrogens is 328 g/mol. The standard InChI is InChI=1S/C20H22N4O2/c1-15-6-8-16(9-7-15)21-22-19-17-4-2-3-5-18(17)24(20(19)25)14-23-10-12-26-13-11-23/h2-9,25H,10-14H2,1H3/p+1. The number of aromatic hydroxyl groups is 1. The summed E-state index contributed by atoms with van der Waals surface area (Å²) in [4.78, 5) is 1.38. The number of ether oxygens (including phenoxy) is 1. The van der Waals surface area contributed by atoms with Gasteiger partial charge < -0.3 is 14.7 Å². The number of benzene rings is 2. The highest BCUT2D eigenvalue weighted by Gasteiger charge is 2.21. The molecular formula is C20H23N4O2+. The van der Waals surface area contributed by atoms with Crippen LogP contribution in [0.25, 0.3) is 10.9 Å². The first kappa shape index (κ1) is 16.8. The molecule has 1 aliphatic rings. The first-order chi connectivity index (χ1) is 12.7. The number of rotatable bonds is 4. The number of hydrogen-bond donors (Lipinski definition) is 2. The summed E-state index contributed by atoms with van der Waals surface area (Å²) in [6.45, 7) is 6.12. The zero-order valence-electron chi connectivity index (χ0n) is 14.9. The highest BCUT2D eigenvalue weighted by Crippen LogP contribution is 2.38. The number of nitrogens with one attached hydrogen (secondary N) is 1. The third-order valence-electron chi connectivity index (χ3n) is 4.80. The van der Waals surface area contributed by atoms with Crippen molar-refractivity contribution in [2.24, 2.45) is 10.2 Å². The number of fused-ring (bicyclic) bond motifs is 1. The van der Waals surface area contributed by atoms with Crippen molar-refractivity contribution in [2.45, 2.75) is 13.6 Å².